The first-order valence-corrected chi connectivity index (χ1v) is 8.43. The number of aryl methyl sites for hydroxylation is 1. The first-order valence-electron chi connectivity index (χ1n) is 7.61. The lowest BCUT2D eigenvalue weighted by Gasteiger charge is -2.11. The van der Waals surface area contributed by atoms with Gasteiger partial charge >= 0.3 is 0 Å². The van der Waals surface area contributed by atoms with Crippen molar-refractivity contribution >= 4 is 17.2 Å². The summed E-state index contributed by atoms with van der Waals surface area (Å²) in [4.78, 5) is 18.6. The van der Waals surface area contributed by atoms with Gasteiger partial charge in [-0.3, -0.25) is 4.79 Å². The van der Waals surface area contributed by atoms with Crippen molar-refractivity contribution < 1.29 is 18.7 Å². The number of carbonyl (C=O) groups is 1. The molecule has 25 heavy (non-hydrogen) atoms. The minimum absolute atomic E-state index is 0.267. The minimum Gasteiger partial charge on any atom is -0.497 e. The zero-order chi connectivity index (χ0) is 17.8. The lowest BCUT2D eigenvalue weighted by atomic mass is 10.2. The van der Waals surface area contributed by atoms with Gasteiger partial charge in [-0.25, -0.2) is 4.98 Å². The molecular weight excluding hydrogens is 340 g/mol. The highest BCUT2D eigenvalue weighted by molar-refractivity contribution is 7.15. The van der Waals surface area contributed by atoms with Crippen molar-refractivity contribution in [3.63, 3.8) is 0 Å². The molecule has 0 aliphatic carbocycles. The van der Waals surface area contributed by atoms with Crippen molar-refractivity contribution in [2.24, 2.45) is 0 Å². The van der Waals surface area contributed by atoms with Crippen LogP contribution in [0.1, 0.15) is 20.9 Å². The number of aromatic nitrogens is 1. The maximum atomic E-state index is 12.5. The molecule has 1 N–H and O–H groups in total. The third kappa shape index (κ3) is 3.66. The molecule has 0 unspecified atom stereocenters. The largest absolute Gasteiger partial charge is 0.497 e. The lowest BCUT2D eigenvalue weighted by Crippen LogP contribution is -2.24. The Morgan fingerprint density at radius 2 is 2.08 bits per heavy atom. The Bertz CT molecular complexity index is 885. The highest BCUT2D eigenvalue weighted by Gasteiger charge is 2.19. The predicted octanol–water partition coefficient (Wildman–Crippen LogP) is 3.66. The molecule has 3 aromatic rings. The van der Waals surface area contributed by atoms with Gasteiger partial charge in [-0.1, -0.05) is 0 Å². The molecule has 0 spiro atoms. The minimum atomic E-state index is -0.306. The highest BCUT2D eigenvalue weighted by atomic mass is 32.1. The van der Waals surface area contributed by atoms with E-state index < -0.39 is 0 Å². The fourth-order valence-corrected chi connectivity index (χ4v) is 3.28. The van der Waals surface area contributed by atoms with Gasteiger partial charge in [0.2, 0.25) is 0 Å². The molecule has 1 aromatic carbocycles. The van der Waals surface area contributed by atoms with Crippen LogP contribution in [-0.2, 0) is 6.54 Å². The first-order chi connectivity index (χ1) is 12.1. The molecule has 2 aromatic heterocycles. The smallest absolute Gasteiger partial charge is 0.274 e. The van der Waals surface area contributed by atoms with Crippen molar-refractivity contribution in [2.75, 3.05) is 14.2 Å². The van der Waals surface area contributed by atoms with E-state index in [1.165, 1.54) is 6.39 Å². The predicted molar refractivity (Wildman–Crippen MR) is 95.3 cm³/mol. The summed E-state index contributed by atoms with van der Waals surface area (Å²) in [6, 6.07) is 9.33. The summed E-state index contributed by atoms with van der Waals surface area (Å²) in [5.41, 5.74) is 1.08. The third-order valence-electron chi connectivity index (χ3n) is 3.67. The van der Waals surface area contributed by atoms with E-state index in [1.807, 2.05) is 25.1 Å². The van der Waals surface area contributed by atoms with Crippen LogP contribution in [0.2, 0.25) is 0 Å². The van der Waals surface area contributed by atoms with Gasteiger partial charge in [0.15, 0.2) is 17.8 Å². The van der Waals surface area contributed by atoms with Gasteiger partial charge in [0.1, 0.15) is 11.5 Å². The van der Waals surface area contributed by atoms with Crippen LogP contribution in [0.4, 0.5) is 0 Å². The number of amides is 1. The molecule has 1 amide bonds. The van der Waals surface area contributed by atoms with Gasteiger partial charge in [0.25, 0.3) is 5.91 Å². The summed E-state index contributed by atoms with van der Waals surface area (Å²) in [7, 11) is 3.18. The topological polar surface area (TPSA) is 73.6 Å². The third-order valence-corrected chi connectivity index (χ3v) is 4.67. The molecule has 0 aliphatic heterocycles. The average Bonchev–Trinajstić information content (AvgIpc) is 3.28. The molecule has 0 saturated heterocycles. The fourth-order valence-electron chi connectivity index (χ4n) is 2.42. The number of carbonyl (C=O) groups excluding carboxylic acids is 1. The van der Waals surface area contributed by atoms with Gasteiger partial charge in [-0.05, 0) is 37.3 Å². The van der Waals surface area contributed by atoms with E-state index in [0.717, 1.165) is 15.3 Å². The second kappa shape index (κ2) is 7.40. The SMILES string of the molecule is COc1ccc(OC)c(CNC(=O)c2ncoc2-c2ccc(C)s2)c1. The molecule has 0 atom stereocenters. The van der Waals surface area contributed by atoms with Crippen LogP contribution in [-0.4, -0.2) is 25.1 Å². The average molecular weight is 358 g/mol. The van der Waals surface area contributed by atoms with Crippen molar-refractivity contribution in [2.45, 2.75) is 13.5 Å². The van der Waals surface area contributed by atoms with Gasteiger partial charge in [-0.2, -0.15) is 0 Å². The number of oxazole rings is 1. The van der Waals surface area contributed by atoms with Crippen molar-refractivity contribution in [3.05, 3.63) is 52.9 Å². The second-order valence-corrected chi connectivity index (χ2v) is 6.59. The Balaban J connectivity index is 1.77. The Morgan fingerprint density at radius 3 is 2.76 bits per heavy atom. The lowest BCUT2D eigenvalue weighted by molar-refractivity contribution is 0.0946. The van der Waals surface area contributed by atoms with Crippen LogP contribution in [0.15, 0.2) is 41.1 Å². The normalized spacial score (nSPS) is 10.5. The molecule has 3 rings (SSSR count). The first kappa shape index (κ1) is 17.0. The summed E-state index contributed by atoms with van der Waals surface area (Å²) in [6.45, 7) is 2.29. The van der Waals surface area contributed by atoms with E-state index >= 15 is 0 Å². The number of hydrogen-bond acceptors (Lipinski definition) is 6. The number of benzene rings is 1. The summed E-state index contributed by atoms with van der Waals surface area (Å²) in [5.74, 6) is 1.55. The monoisotopic (exact) mass is 358 g/mol. The zero-order valence-corrected chi connectivity index (χ0v) is 15.0. The van der Waals surface area contributed by atoms with E-state index in [4.69, 9.17) is 13.9 Å². The fraction of sp³-hybridized carbons (Fsp3) is 0.222. The Kier molecular flexibility index (Phi) is 5.04. The standard InChI is InChI=1S/C18H18N2O4S/c1-11-4-7-15(25-11)17-16(20-10-24-17)18(21)19-9-12-8-13(22-2)5-6-14(12)23-3/h4-8,10H,9H2,1-3H3,(H,19,21). The molecule has 0 radical (unpaired) electrons. The van der Waals surface area contributed by atoms with Crippen LogP contribution in [0.5, 0.6) is 11.5 Å². The molecular formula is C18H18N2O4S. The Morgan fingerprint density at radius 1 is 1.24 bits per heavy atom. The second-order valence-electron chi connectivity index (χ2n) is 5.30. The van der Waals surface area contributed by atoms with E-state index in [1.54, 1.807) is 37.7 Å². The summed E-state index contributed by atoms with van der Waals surface area (Å²) in [5, 5.41) is 2.85. The molecule has 130 valence electrons. The number of ether oxygens (including phenoxy) is 2. The molecule has 7 heteroatoms. The van der Waals surface area contributed by atoms with E-state index in [2.05, 4.69) is 10.3 Å². The van der Waals surface area contributed by atoms with Crippen molar-refractivity contribution in [3.8, 4) is 22.1 Å². The molecule has 0 aliphatic rings. The number of methoxy groups -OCH3 is 2. The number of nitrogens with zero attached hydrogens (tertiary/aromatic N) is 1. The summed E-state index contributed by atoms with van der Waals surface area (Å²) < 4.78 is 16.0. The van der Waals surface area contributed by atoms with Crippen LogP contribution in [0, 0.1) is 6.92 Å². The van der Waals surface area contributed by atoms with Crippen LogP contribution in [0.3, 0.4) is 0 Å². The maximum absolute atomic E-state index is 12.5. The quantitative estimate of drug-likeness (QED) is 0.728. The van der Waals surface area contributed by atoms with Crippen LogP contribution < -0.4 is 14.8 Å². The van der Waals surface area contributed by atoms with Crippen LogP contribution in [0.25, 0.3) is 10.6 Å². The molecule has 0 saturated carbocycles. The van der Waals surface area contributed by atoms with Gasteiger partial charge in [0, 0.05) is 17.0 Å². The molecule has 2 heterocycles. The number of rotatable bonds is 6. The molecule has 0 fully saturated rings. The van der Waals surface area contributed by atoms with E-state index in [9.17, 15) is 4.79 Å². The van der Waals surface area contributed by atoms with Gasteiger partial charge < -0.3 is 19.2 Å². The zero-order valence-electron chi connectivity index (χ0n) is 14.2. The molecule has 0 bridgehead atoms. The van der Waals surface area contributed by atoms with Gasteiger partial charge in [-0.15, -0.1) is 11.3 Å². The Hall–Kier alpha value is -2.80. The maximum Gasteiger partial charge on any atom is 0.274 e. The van der Waals surface area contributed by atoms with E-state index in [-0.39, 0.29) is 18.1 Å². The number of thiophene rings is 1. The van der Waals surface area contributed by atoms with Gasteiger partial charge in [0.05, 0.1) is 19.1 Å². The molecule has 6 nitrogen and oxygen atoms in total. The number of hydrogen-bond donors (Lipinski definition) is 1. The van der Waals surface area contributed by atoms with Crippen LogP contribution >= 0.6 is 11.3 Å². The van der Waals surface area contributed by atoms with E-state index in [0.29, 0.717) is 17.3 Å². The highest BCUT2D eigenvalue weighted by Crippen LogP contribution is 2.30. The summed E-state index contributed by atoms with van der Waals surface area (Å²) >= 11 is 1.55. The van der Waals surface area contributed by atoms with Crippen molar-refractivity contribution in [1.82, 2.24) is 10.3 Å². The Labute approximate surface area is 149 Å². The summed E-state index contributed by atoms with van der Waals surface area (Å²) in [6.07, 6.45) is 1.28. The number of nitrogens with one attached hydrogen (secondary N) is 1. The van der Waals surface area contributed by atoms with Crippen molar-refractivity contribution in [1.29, 1.82) is 0 Å².